The Balaban J connectivity index is 2.25. The molecule has 8 heteroatoms. The van der Waals surface area contributed by atoms with Crippen molar-refractivity contribution in [3.8, 4) is 0 Å². The van der Waals surface area contributed by atoms with Gasteiger partial charge in [-0.15, -0.1) is 11.3 Å². The Morgan fingerprint density at radius 2 is 1.91 bits per heavy atom. The molecule has 1 aromatic heterocycles. The van der Waals surface area contributed by atoms with Crippen molar-refractivity contribution in [2.24, 2.45) is 11.7 Å². The van der Waals surface area contributed by atoms with Crippen molar-refractivity contribution in [2.45, 2.75) is 20.0 Å². The zero-order chi connectivity index (χ0) is 17.1. The summed E-state index contributed by atoms with van der Waals surface area (Å²) in [5.74, 6) is -1.82. The summed E-state index contributed by atoms with van der Waals surface area (Å²) >= 11 is 7.40. The second-order valence-corrected chi connectivity index (χ2v) is 6.59. The van der Waals surface area contributed by atoms with Crippen LogP contribution in [0.25, 0.3) is 10.1 Å². The van der Waals surface area contributed by atoms with Crippen LogP contribution in [-0.4, -0.2) is 24.0 Å². The number of nitrogens with two attached hydrogens (primary N) is 1. The van der Waals surface area contributed by atoms with Crippen LogP contribution in [0, 0.1) is 5.92 Å². The lowest BCUT2D eigenvalue weighted by Gasteiger charge is -2.19. The third kappa shape index (κ3) is 3.80. The molecule has 2 rings (SSSR count). The van der Waals surface area contributed by atoms with Crippen molar-refractivity contribution in [1.82, 2.24) is 5.32 Å². The Morgan fingerprint density at radius 1 is 1.26 bits per heavy atom. The van der Waals surface area contributed by atoms with Crippen molar-refractivity contribution in [1.29, 1.82) is 0 Å². The number of ether oxygens (including phenoxy) is 1. The average molecular weight is 355 g/mol. The predicted octanol–water partition coefficient (Wildman–Crippen LogP) is 2.93. The highest BCUT2D eigenvalue weighted by atomic mass is 35.5. The number of primary amides is 1. The number of amides is 3. The highest BCUT2D eigenvalue weighted by Crippen LogP contribution is 2.35. The first kappa shape index (κ1) is 17.2. The molecule has 0 fully saturated rings. The summed E-state index contributed by atoms with van der Waals surface area (Å²) in [4.78, 5) is 35.3. The van der Waals surface area contributed by atoms with Gasteiger partial charge in [0.1, 0.15) is 4.88 Å². The van der Waals surface area contributed by atoms with Crippen molar-refractivity contribution in [2.75, 3.05) is 0 Å². The van der Waals surface area contributed by atoms with Gasteiger partial charge in [0.15, 0.2) is 6.10 Å². The van der Waals surface area contributed by atoms with Crippen molar-refractivity contribution >= 4 is 50.9 Å². The van der Waals surface area contributed by atoms with Crippen molar-refractivity contribution in [3.05, 3.63) is 34.2 Å². The molecule has 0 unspecified atom stereocenters. The molecule has 0 aliphatic carbocycles. The number of urea groups is 1. The fraction of sp³-hybridized carbons (Fsp3) is 0.267. The van der Waals surface area contributed by atoms with Gasteiger partial charge in [-0.05, 0) is 12.0 Å². The first-order valence-corrected chi connectivity index (χ1v) is 7.99. The number of nitrogens with one attached hydrogen (secondary N) is 1. The molecule has 2 aromatic rings. The average Bonchev–Trinajstić information content (AvgIpc) is 2.81. The summed E-state index contributed by atoms with van der Waals surface area (Å²) < 4.78 is 6.08. The second-order valence-electron chi connectivity index (χ2n) is 5.16. The summed E-state index contributed by atoms with van der Waals surface area (Å²) in [6.45, 7) is 3.37. The van der Waals surface area contributed by atoms with Crippen LogP contribution < -0.4 is 11.1 Å². The lowest BCUT2D eigenvalue weighted by atomic mass is 10.1. The Hall–Kier alpha value is -2.12. The Kier molecular flexibility index (Phi) is 5.23. The van der Waals surface area contributed by atoms with Gasteiger partial charge in [-0.2, -0.15) is 0 Å². The van der Waals surface area contributed by atoms with Crippen LogP contribution in [0.3, 0.4) is 0 Å². The second kappa shape index (κ2) is 6.97. The summed E-state index contributed by atoms with van der Waals surface area (Å²) in [7, 11) is 0. The maximum absolute atomic E-state index is 12.3. The lowest BCUT2D eigenvalue weighted by Crippen LogP contribution is -2.45. The molecule has 122 valence electrons. The molecule has 1 aromatic carbocycles. The molecule has 3 N–H and O–H groups in total. The van der Waals surface area contributed by atoms with E-state index >= 15 is 0 Å². The highest BCUT2D eigenvalue weighted by Gasteiger charge is 2.29. The SMILES string of the molecule is CC(C)[C@@H](OC(=O)c1sc2ccccc2c1Cl)C(=O)NC(N)=O. The van der Waals surface area contributed by atoms with Gasteiger partial charge < -0.3 is 10.5 Å². The normalized spacial score (nSPS) is 12.2. The number of carbonyl (C=O) groups is 3. The van der Waals surface area contributed by atoms with Crippen LogP contribution in [0.5, 0.6) is 0 Å². The minimum Gasteiger partial charge on any atom is -0.448 e. The predicted molar refractivity (Wildman–Crippen MR) is 88.6 cm³/mol. The molecule has 0 saturated carbocycles. The van der Waals surface area contributed by atoms with Crippen LogP contribution in [0.1, 0.15) is 23.5 Å². The van der Waals surface area contributed by atoms with E-state index < -0.39 is 24.0 Å². The molecule has 0 bridgehead atoms. The number of benzene rings is 1. The maximum Gasteiger partial charge on any atom is 0.350 e. The molecule has 1 heterocycles. The lowest BCUT2D eigenvalue weighted by molar-refractivity contribution is -0.130. The number of imide groups is 1. The van der Waals surface area contributed by atoms with Crippen LogP contribution >= 0.6 is 22.9 Å². The molecule has 0 saturated heterocycles. The fourth-order valence-corrected chi connectivity index (χ4v) is 3.39. The third-order valence-electron chi connectivity index (χ3n) is 3.06. The molecular formula is C15H15ClN2O4S. The zero-order valence-electron chi connectivity index (χ0n) is 12.5. The van der Waals surface area contributed by atoms with Gasteiger partial charge in [-0.3, -0.25) is 10.1 Å². The number of halogens is 1. The molecule has 0 spiro atoms. The van der Waals surface area contributed by atoms with E-state index in [4.69, 9.17) is 22.1 Å². The first-order chi connectivity index (χ1) is 10.8. The number of hydrogen-bond donors (Lipinski definition) is 2. The standard InChI is InChI=1S/C15H15ClN2O4S/c1-7(2)11(13(19)18-15(17)21)22-14(20)12-10(16)8-5-3-4-6-9(8)23-12/h3-7,11H,1-2H3,(H3,17,18,19,21)/t11-/m1/s1. The van der Waals surface area contributed by atoms with E-state index in [-0.39, 0.29) is 15.8 Å². The van der Waals surface area contributed by atoms with Crippen molar-refractivity contribution in [3.63, 3.8) is 0 Å². The van der Waals surface area contributed by atoms with Gasteiger partial charge >= 0.3 is 12.0 Å². The van der Waals surface area contributed by atoms with Crippen molar-refractivity contribution < 1.29 is 19.1 Å². The fourth-order valence-electron chi connectivity index (χ4n) is 2.00. The van der Waals surface area contributed by atoms with Gasteiger partial charge in [0.25, 0.3) is 5.91 Å². The van der Waals surface area contributed by atoms with Gasteiger partial charge in [0, 0.05) is 10.1 Å². The van der Waals surface area contributed by atoms with Crippen LogP contribution in [0.15, 0.2) is 24.3 Å². The van der Waals surface area contributed by atoms with Gasteiger partial charge in [-0.1, -0.05) is 43.6 Å². The Labute approximate surface area is 141 Å². The molecule has 0 radical (unpaired) electrons. The maximum atomic E-state index is 12.3. The number of rotatable bonds is 4. The monoisotopic (exact) mass is 354 g/mol. The topological polar surface area (TPSA) is 98.5 Å². The summed E-state index contributed by atoms with van der Waals surface area (Å²) in [6.07, 6.45) is -1.14. The van der Waals surface area contributed by atoms with Crippen LogP contribution in [0.2, 0.25) is 5.02 Å². The summed E-state index contributed by atoms with van der Waals surface area (Å²) in [6, 6.07) is 6.28. The molecule has 6 nitrogen and oxygen atoms in total. The number of esters is 1. The summed E-state index contributed by atoms with van der Waals surface area (Å²) in [5.41, 5.74) is 4.92. The Morgan fingerprint density at radius 3 is 2.48 bits per heavy atom. The number of hydrogen-bond acceptors (Lipinski definition) is 5. The Bertz CT molecular complexity index is 772. The third-order valence-corrected chi connectivity index (χ3v) is 4.72. The molecule has 1 atom stereocenters. The van der Waals surface area contributed by atoms with E-state index in [2.05, 4.69) is 0 Å². The molecule has 0 aliphatic heterocycles. The molecule has 0 aliphatic rings. The number of fused-ring (bicyclic) bond motifs is 1. The minimum atomic E-state index is -1.14. The smallest absolute Gasteiger partial charge is 0.350 e. The summed E-state index contributed by atoms with van der Waals surface area (Å²) in [5, 5.41) is 2.95. The molecular weight excluding hydrogens is 340 g/mol. The zero-order valence-corrected chi connectivity index (χ0v) is 14.0. The van der Waals surface area contributed by atoms with E-state index in [1.807, 2.05) is 23.5 Å². The van der Waals surface area contributed by atoms with Gasteiger partial charge in [-0.25, -0.2) is 9.59 Å². The van der Waals surface area contributed by atoms with E-state index in [1.165, 1.54) is 11.3 Å². The minimum absolute atomic E-state index is 0.213. The van der Waals surface area contributed by atoms with E-state index in [0.29, 0.717) is 0 Å². The molecule has 23 heavy (non-hydrogen) atoms. The van der Waals surface area contributed by atoms with Gasteiger partial charge in [0.2, 0.25) is 0 Å². The number of thiophene rings is 1. The first-order valence-electron chi connectivity index (χ1n) is 6.79. The van der Waals surface area contributed by atoms with Gasteiger partial charge in [0.05, 0.1) is 5.02 Å². The van der Waals surface area contributed by atoms with E-state index in [9.17, 15) is 14.4 Å². The van der Waals surface area contributed by atoms with E-state index in [0.717, 1.165) is 10.1 Å². The largest absolute Gasteiger partial charge is 0.448 e. The van der Waals surface area contributed by atoms with Crippen LogP contribution in [-0.2, 0) is 9.53 Å². The van der Waals surface area contributed by atoms with E-state index in [1.54, 1.807) is 19.9 Å². The number of carbonyl (C=O) groups excluding carboxylic acids is 3. The quantitative estimate of drug-likeness (QED) is 0.824. The highest BCUT2D eigenvalue weighted by molar-refractivity contribution is 7.21. The van der Waals surface area contributed by atoms with Crippen LogP contribution in [0.4, 0.5) is 4.79 Å². The molecule has 3 amide bonds.